The molecule has 0 aliphatic carbocycles. The van der Waals surface area contributed by atoms with Gasteiger partial charge in [-0.05, 0) is 41.7 Å². The molecule has 3 aromatic carbocycles. The third-order valence-electron chi connectivity index (χ3n) is 4.80. The number of amides is 2. The van der Waals surface area contributed by atoms with Gasteiger partial charge in [0.1, 0.15) is 0 Å². The van der Waals surface area contributed by atoms with Crippen LogP contribution in [0.4, 0.5) is 10.5 Å². The quantitative estimate of drug-likeness (QED) is 0.421. The van der Waals surface area contributed by atoms with Crippen LogP contribution in [0, 0.1) is 0 Å². The number of carbonyl (C=O) groups excluding carboxylic acids is 1. The highest BCUT2D eigenvalue weighted by Crippen LogP contribution is 2.22. The maximum Gasteiger partial charge on any atom is 0.331 e. The molecule has 3 aromatic rings. The number of rotatable bonds is 8. The zero-order chi connectivity index (χ0) is 21.3. The van der Waals surface area contributed by atoms with Crippen molar-refractivity contribution in [1.29, 1.82) is 0 Å². The maximum atomic E-state index is 12.7. The van der Waals surface area contributed by atoms with Crippen LogP contribution < -0.4 is 5.32 Å². The monoisotopic (exact) mass is 420 g/mol. The van der Waals surface area contributed by atoms with Crippen LogP contribution in [-0.4, -0.2) is 27.5 Å². The van der Waals surface area contributed by atoms with Gasteiger partial charge in [-0.3, -0.25) is 9.10 Å². The molecule has 0 spiro atoms. The van der Waals surface area contributed by atoms with Crippen LogP contribution >= 0.6 is 12.8 Å². The van der Waals surface area contributed by atoms with Crippen LogP contribution in [0.15, 0.2) is 84.9 Å². The molecule has 0 heterocycles. The van der Waals surface area contributed by atoms with Crippen molar-refractivity contribution in [1.82, 2.24) is 4.31 Å². The number of benzene rings is 3. The summed E-state index contributed by atoms with van der Waals surface area (Å²) in [6, 6.07) is 26.5. The van der Waals surface area contributed by atoms with Gasteiger partial charge < -0.3 is 10.4 Å². The summed E-state index contributed by atoms with van der Waals surface area (Å²) < 4.78 is 1.29. The second-order valence-corrected chi connectivity index (χ2v) is 7.42. The van der Waals surface area contributed by atoms with Gasteiger partial charge in [0.15, 0.2) is 0 Å². The molecule has 0 saturated heterocycles. The minimum atomic E-state index is -0.897. The predicted octanol–water partition coefficient (Wildman–Crippen LogP) is 5.51. The Balaban J connectivity index is 1.67. The van der Waals surface area contributed by atoms with E-state index < -0.39 is 12.0 Å². The van der Waals surface area contributed by atoms with Gasteiger partial charge in [0, 0.05) is 18.2 Å². The van der Waals surface area contributed by atoms with Crippen LogP contribution in [-0.2, 0) is 11.2 Å². The summed E-state index contributed by atoms with van der Waals surface area (Å²) >= 11 is 4.39. The summed E-state index contributed by atoms with van der Waals surface area (Å²) in [5.74, 6) is -0.897. The third-order valence-corrected chi connectivity index (χ3v) is 5.31. The number of urea groups is 1. The van der Waals surface area contributed by atoms with Crippen LogP contribution in [0.5, 0.6) is 0 Å². The minimum Gasteiger partial charge on any atom is -0.481 e. The number of carboxylic acid groups (broad SMARTS) is 1. The number of nitrogens with zero attached hydrogens (tertiary/aromatic N) is 1. The van der Waals surface area contributed by atoms with Crippen LogP contribution in [0.25, 0.3) is 11.1 Å². The first-order valence-corrected chi connectivity index (χ1v) is 10.1. The fourth-order valence-electron chi connectivity index (χ4n) is 3.21. The van der Waals surface area contributed by atoms with Gasteiger partial charge >= 0.3 is 12.0 Å². The highest BCUT2D eigenvalue weighted by Gasteiger charge is 2.22. The van der Waals surface area contributed by atoms with Crippen molar-refractivity contribution in [2.24, 2.45) is 0 Å². The van der Waals surface area contributed by atoms with Crippen LogP contribution in [0.1, 0.15) is 18.4 Å². The molecule has 2 amide bonds. The van der Waals surface area contributed by atoms with Gasteiger partial charge in [-0.1, -0.05) is 85.6 Å². The van der Waals surface area contributed by atoms with Crippen molar-refractivity contribution < 1.29 is 14.7 Å². The molecule has 0 aliphatic heterocycles. The minimum absolute atomic E-state index is 0.0341. The summed E-state index contributed by atoms with van der Waals surface area (Å²) in [7, 11) is 0. The van der Waals surface area contributed by atoms with E-state index in [1.807, 2.05) is 84.9 Å². The van der Waals surface area contributed by atoms with Gasteiger partial charge in [0.25, 0.3) is 0 Å². The molecule has 0 aromatic heterocycles. The van der Waals surface area contributed by atoms with E-state index in [1.54, 1.807) is 0 Å². The van der Waals surface area contributed by atoms with E-state index in [-0.39, 0.29) is 12.5 Å². The topological polar surface area (TPSA) is 69.6 Å². The lowest BCUT2D eigenvalue weighted by Gasteiger charge is -2.27. The molecule has 0 bridgehead atoms. The summed E-state index contributed by atoms with van der Waals surface area (Å²) in [4.78, 5) is 23.8. The van der Waals surface area contributed by atoms with Crippen LogP contribution in [0.3, 0.4) is 0 Å². The molecule has 0 unspecified atom stereocenters. The first-order chi connectivity index (χ1) is 14.5. The molecular weight excluding hydrogens is 396 g/mol. The van der Waals surface area contributed by atoms with Crippen molar-refractivity contribution in [3.63, 3.8) is 0 Å². The number of carbonyl (C=O) groups is 2. The molecule has 154 valence electrons. The van der Waals surface area contributed by atoms with E-state index in [0.29, 0.717) is 18.5 Å². The molecule has 6 heteroatoms. The lowest BCUT2D eigenvalue weighted by molar-refractivity contribution is -0.137. The van der Waals surface area contributed by atoms with E-state index in [1.165, 1.54) is 4.31 Å². The number of aliphatic carboxylic acids is 1. The molecule has 30 heavy (non-hydrogen) atoms. The molecular formula is C24H24N2O3S. The summed E-state index contributed by atoms with van der Waals surface area (Å²) in [5, 5.41) is 11.9. The third kappa shape index (κ3) is 6.12. The smallest absolute Gasteiger partial charge is 0.331 e. The van der Waals surface area contributed by atoms with Gasteiger partial charge in [-0.2, -0.15) is 0 Å². The molecule has 0 fully saturated rings. The van der Waals surface area contributed by atoms with Crippen LogP contribution in [0.2, 0.25) is 0 Å². The largest absolute Gasteiger partial charge is 0.481 e. The Morgan fingerprint density at radius 3 is 2.03 bits per heavy atom. The lowest BCUT2D eigenvalue weighted by Crippen LogP contribution is -2.38. The Bertz CT molecular complexity index is 963. The summed E-state index contributed by atoms with van der Waals surface area (Å²) in [6.45, 7) is 0. The van der Waals surface area contributed by atoms with E-state index >= 15 is 0 Å². The number of carboxylic acids is 1. The highest BCUT2D eigenvalue weighted by molar-refractivity contribution is 7.78. The van der Waals surface area contributed by atoms with Crippen molar-refractivity contribution in [2.75, 3.05) is 5.32 Å². The Hall–Kier alpha value is -3.25. The molecule has 0 saturated carbocycles. The number of anilines is 1. The van der Waals surface area contributed by atoms with E-state index in [9.17, 15) is 9.59 Å². The van der Waals surface area contributed by atoms with Crippen molar-refractivity contribution in [2.45, 2.75) is 25.3 Å². The average molecular weight is 421 g/mol. The van der Waals surface area contributed by atoms with E-state index in [4.69, 9.17) is 5.11 Å². The SMILES string of the molecule is O=C(O)CC[C@H](Cc1ccccc1)N(S)C(=O)Nc1ccc(-c2ccccc2)cc1. The Morgan fingerprint density at radius 2 is 1.43 bits per heavy atom. The zero-order valence-corrected chi connectivity index (χ0v) is 17.3. The van der Waals surface area contributed by atoms with Gasteiger partial charge in [0.2, 0.25) is 0 Å². The summed E-state index contributed by atoms with van der Waals surface area (Å²) in [5.41, 5.74) is 3.82. The van der Waals surface area contributed by atoms with Gasteiger partial charge in [0.05, 0.1) is 0 Å². The molecule has 5 nitrogen and oxygen atoms in total. The number of nitrogens with one attached hydrogen (secondary N) is 1. The Morgan fingerprint density at radius 1 is 0.867 bits per heavy atom. The standard InChI is InChI=1S/C24H24N2O3S/c27-23(28)16-15-22(17-18-7-3-1-4-8-18)26(30)24(29)25-21-13-11-20(12-14-21)19-9-5-2-6-10-19/h1-14,22,30H,15-17H2,(H,25,29)(H,27,28)/t22-/m1/s1. The molecule has 0 radical (unpaired) electrons. The number of hydrogen-bond donors (Lipinski definition) is 3. The fraction of sp³-hybridized carbons (Fsp3) is 0.167. The number of thiol groups is 1. The second-order valence-electron chi connectivity index (χ2n) is 6.99. The Kier molecular flexibility index (Phi) is 7.51. The first-order valence-electron chi connectivity index (χ1n) is 9.73. The van der Waals surface area contributed by atoms with Crippen molar-refractivity contribution in [3.8, 4) is 11.1 Å². The molecule has 2 N–H and O–H groups in total. The number of hydrogen-bond acceptors (Lipinski definition) is 3. The average Bonchev–Trinajstić information content (AvgIpc) is 2.78. The van der Waals surface area contributed by atoms with Gasteiger partial charge in [-0.25, -0.2) is 4.79 Å². The highest BCUT2D eigenvalue weighted by atomic mass is 32.1. The molecule has 0 aliphatic rings. The predicted molar refractivity (Wildman–Crippen MR) is 123 cm³/mol. The van der Waals surface area contributed by atoms with Gasteiger partial charge in [-0.15, -0.1) is 0 Å². The van der Waals surface area contributed by atoms with E-state index in [2.05, 4.69) is 18.1 Å². The first kappa shape index (κ1) is 21.5. The fourth-order valence-corrected chi connectivity index (χ4v) is 3.46. The van der Waals surface area contributed by atoms with Crippen molar-refractivity contribution in [3.05, 3.63) is 90.5 Å². The normalized spacial score (nSPS) is 11.5. The Labute approximate surface area is 181 Å². The second kappa shape index (κ2) is 10.5. The maximum absolute atomic E-state index is 12.7. The molecule has 3 rings (SSSR count). The zero-order valence-electron chi connectivity index (χ0n) is 16.4. The van der Waals surface area contributed by atoms with E-state index in [0.717, 1.165) is 16.7 Å². The molecule has 1 atom stereocenters. The van der Waals surface area contributed by atoms with Crippen molar-refractivity contribution >= 4 is 30.5 Å². The lowest BCUT2D eigenvalue weighted by atomic mass is 10.0. The summed E-state index contributed by atoms with van der Waals surface area (Å²) in [6.07, 6.45) is 0.805.